The van der Waals surface area contributed by atoms with Crippen LogP contribution in [0, 0.1) is 6.92 Å². The second-order valence-corrected chi connectivity index (χ2v) is 6.58. The van der Waals surface area contributed by atoms with E-state index in [1.807, 2.05) is 41.8 Å². The molecule has 1 atom stereocenters. The summed E-state index contributed by atoms with van der Waals surface area (Å²) in [5, 5.41) is 3.02. The molecule has 1 N–H and O–H groups in total. The Morgan fingerprint density at radius 1 is 1.36 bits per heavy atom. The minimum Gasteiger partial charge on any atom is -0.468 e. The van der Waals surface area contributed by atoms with Crippen LogP contribution in [0.2, 0.25) is 0 Å². The van der Waals surface area contributed by atoms with Gasteiger partial charge in [-0.3, -0.25) is 9.69 Å². The molecule has 6 nitrogen and oxygen atoms in total. The van der Waals surface area contributed by atoms with Crippen LogP contribution < -0.4 is 5.32 Å². The third-order valence-electron chi connectivity index (χ3n) is 4.76. The number of imidazole rings is 1. The molecule has 0 aliphatic carbocycles. The molecular formula is C19H22N4O2. The second kappa shape index (κ2) is 6.72. The lowest BCUT2D eigenvalue weighted by Gasteiger charge is -2.25. The molecule has 0 bridgehead atoms. The smallest absolute Gasteiger partial charge is 0.271 e. The van der Waals surface area contributed by atoms with Crippen LogP contribution in [-0.4, -0.2) is 39.8 Å². The van der Waals surface area contributed by atoms with Crippen molar-refractivity contribution in [1.82, 2.24) is 19.6 Å². The highest BCUT2D eigenvalue weighted by Gasteiger charge is 2.26. The molecular weight excluding hydrogens is 316 g/mol. The van der Waals surface area contributed by atoms with Gasteiger partial charge in [-0.15, -0.1) is 0 Å². The maximum absolute atomic E-state index is 12.6. The molecule has 6 heteroatoms. The van der Waals surface area contributed by atoms with Crippen LogP contribution >= 0.6 is 0 Å². The number of pyridine rings is 1. The topological polar surface area (TPSA) is 62.8 Å². The normalized spacial score (nSPS) is 16.4. The van der Waals surface area contributed by atoms with Gasteiger partial charge in [-0.05, 0) is 62.7 Å². The summed E-state index contributed by atoms with van der Waals surface area (Å²) < 4.78 is 7.46. The number of aromatic nitrogens is 2. The van der Waals surface area contributed by atoms with Gasteiger partial charge in [-0.1, -0.05) is 0 Å². The van der Waals surface area contributed by atoms with Crippen LogP contribution in [-0.2, 0) is 0 Å². The number of likely N-dealkylation sites (tertiary alicyclic amines) is 1. The number of carbonyl (C=O) groups is 1. The summed E-state index contributed by atoms with van der Waals surface area (Å²) in [5.74, 6) is 0.741. The number of aryl methyl sites for hydroxylation is 1. The van der Waals surface area contributed by atoms with Crippen LogP contribution in [0.3, 0.4) is 0 Å². The van der Waals surface area contributed by atoms with E-state index < -0.39 is 0 Å². The molecule has 0 spiro atoms. The zero-order chi connectivity index (χ0) is 17.2. The summed E-state index contributed by atoms with van der Waals surface area (Å²) in [6, 6.07) is 7.90. The van der Waals surface area contributed by atoms with Crippen LogP contribution in [0.25, 0.3) is 5.65 Å². The van der Waals surface area contributed by atoms with E-state index >= 15 is 0 Å². The van der Waals surface area contributed by atoms with Crippen molar-refractivity contribution in [3.63, 3.8) is 0 Å². The second-order valence-electron chi connectivity index (χ2n) is 6.58. The minimum atomic E-state index is -0.155. The van der Waals surface area contributed by atoms with Gasteiger partial charge in [0.2, 0.25) is 0 Å². The largest absolute Gasteiger partial charge is 0.468 e. The highest BCUT2D eigenvalue weighted by atomic mass is 16.3. The molecule has 1 fully saturated rings. The Morgan fingerprint density at radius 2 is 2.20 bits per heavy atom. The Balaban J connectivity index is 1.48. The molecule has 0 aromatic carbocycles. The third kappa shape index (κ3) is 3.30. The monoisotopic (exact) mass is 338 g/mol. The maximum atomic E-state index is 12.6. The first kappa shape index (κ1) is 15.9. The first-order valence-electron chi connectivity index (χ1n) is 8.72. The van der Waals surface area contributed by atoms with Gasteiger partial charge in [0, 0.05) is 18.9 Å². The first-order valence-corrected chi connectivity index (χ1v) is 8.72. The number of hydrogen-bond acceptors (Lipinski definition) is 4. The average Bonchev–Trinajstić information content (AvgIpc) is 3.36. The summed E-state index contributed by atoms with van der Waals surface area (Å²) in [6.07, 6.45) is 7.75. The van der Waals surface area contributed by atoms with E-state index in [-0.39, 0.29) is 11.9 Å². The molecule has 0 saturated carbocycles. The van der Waals surface area contributed by atoms with E-state index in [0.717, 1.165) is 30.1 Å². The van der Waals surface area contributed by atoms with Crippen LogP contribution in [0.5, 0.6) is 0 Å². The fourth-order valence-corrected chi connectivity index (χ4v) is 3.42. The third-order valence-corrected chi connectivity index (χ3v) is 4.76. The number of carbonyl (C=O) groups excluding carboxylic acids is 1. The maximum Gasteiger partial charge on any atom is 0.271 e. The van der Waals surface area contributed by atoms with Gasteiger partial charge < -0.3 is 14.1 Å². The van der Waals surface area contributed by atoms with Crippen molar-refractivity contribution in [2.45, 2.75) is 25.8 Å². The molecule has 1 amide bonds. The highest BCUT2D eigenvalue weighted by Crippen LogP contribution is 2.25. The summed E-state index contributed by atoms with van der Waals surface area (Å²) in [6.45, 7) is 4.60. The van der Waals surface area contributed by atoms with Crippen LogP contribution in [0.1, 0.15) is 40.7 Å². The number of nitrogens with one attached hydrogen (secondary N) is 1. The number of nitrogens with zero attached hydrogens (tertiary/aromatic N) is 3. The number of amides is 1. The molecule has 0 unspecified atom stereocenters. The number of hydrogen-bond donors (Lipinski definition) is 1. The fourth-order valence-electron chi connectivity index (χ4n) is 3.42. The molecule has 3 aromatic heterocycles. The minimum absolute atomic E-state index is 0.0701. The van der Waals surface area contributed by atoms with Crippen LogP contribution in [0.15, 0.2) is 47.3 Å². The summed E-state index contributed by atoms with van der Waals surface area (Å²) in [4.78, 5) is 19.3. The summed E-state index contributed by atoms with van der Waals surface area (Å²) in [5.41, 5.74) is 2.34. The van der Waals surface area contributed by atoms with Crippen molar-refractivity contribution >= 4 is 11.6 Å². The van der Waals surface area contributed by atoms with Crippen molar-refractivity contribution in [2.24, 2.45) is 0 Å². The number of furan rings is 1. The van der Waals surface area contributed by atoms with Gasteiger partial charge in [-0.25, -0.2) is 4.98 Å². The van der Waals surface area contributed by atoms with Crippen molar-refractivity contribution in [3.05, 3.63) is 59.9 Å². The molecule has 1 aliphatic heterocycles. The first-order chi connectivity index (χ1) is 12.2. The van der Waals surface area contributed by atoms with Gasteiger partial charge in [0.25, 0.3) is 5.91 Å². The quantitative estimate of drug-likeness (QED) is 0.777. The van der Waals surface area contributed by atoms with E-state index in [9.17, 15) is 4.79 Å². The van der Waals surface area contributed by atoms with Crippen molar-refractivity contribution in [1.29, 1.82) is 0 Å². The van der Waals surface area contributed by atoms with Crippen LogP contribution in [0.4, 0.5) is 0 Å². The van der Waals surface area contributed by atoms with E-state index in [4.69, 9.17) is 4.42 Å². The van der Waals surface area contributed by atoms with E-state index in [0.29, 0.717) is 12.2 Å². The highest BCUT2D eigenvalue weighted by molar-refractivity contribution is 5.92. The van der Waals surface area contributed by atoms with E-state index in [2.05, 4.69) is 15.2 Å². The van der Waals surface area contributed by atoms with Crippen molar-refractivity contribution < 1.29 is 9.21 Å². The van der Waals surface area contributed by atoms with Gasteiger partial charge in [0.15, 0.2) is 0 Å². The number of fused-ring (bicyclic) bond motifs is 1. The average molecular weight is 338 g/mol. The van der Waals surface area contributed by atoms with Crippen molar-refractivity contribution in [2.75, 3.05) is 19.6 Å². The van der Waals surface area contributed by atoms with Gasteiger partial charge in [0.05, 0.1) is 12.3 Å². The van der Waals surface area contributed by atoms with Gasteiger partial charge >= 0.3 is 0 Å². The predicted octanol–water partition coefficient (Wildman–Crippen LogP) is 2.80. The molecule has 25 heavy (non-hydrogen) atoms. The Morgan fingerprint density at radius 3 is 2.96 bits per heavy atom. The molecule has 4 heterocycles. The zero-order valence-corrected chi connectivity index (χ0v) is 14.3. The van der Waals surface area contributed by atoms with E-state index in [1.165, 1.54) is 12.8 Å². The Labute approximate surface area is 146 Å². The summed E-state index contributed by atoms with van der Waals surface area (Å²) in [7, 11) is 0. The molecule has 130 valence electrons. The lowest BCUT2D eigenvalue weighted by atomic mass is 10.2. The Hall–Kier alpha value is -2.60. The molecule has 1 saturated heterocycles. The zero-order valence-electron chi connectivity index (χ0n) is 14.3. The lowest BCUT2D eigenvalue weighted by Crippen LogP contribution is -2.36. The Bertz CT molecular complexity index is 863. The Kier molecular flexibility index (Phi) is 4.28. The van der Waals surface area contributed by atoms with Crippen molar-refractivity contribution in [3.8, 4) is 0 Å². The standard InChI is InChI=1S/C19H22N4O2/c1-14-6-9-23-13-15(21-18(23)11-14)19(24)20-12-16(17-5-4-10-25-17)22-7-2-3-8-22/h4-6,9-11,13,16H,2-3,7-8,12H2,1H3,(H,20,24)/t16-/m1/s1. The molecule has 4 rings (SSSR count). The lowest BCUT2D eigenvalue weighted by molar-refractivity contribution is 0.0929. The molecule has 0 radical (unpaired) electrons. The fraction of sp³-hybridized carbons (Fsp3) is 0.368. The van der Waals surface area contributed by atoms with Gasteiger partial charge in [0.1, 0.15) is 17.1 Å². The molecule has 1 aliphatic rings. The SMILES string of the molecule is Cc1ccn2cc(C(=O)NC[C@H](c3ccco3)N3CCCC3)nc2c1. The predicted molar refractivity (Wildman–Crippen MR) is 94.5 cm³/mol. The van der Waals surface area contributed by atoms with E-state index in [1.54, 1.807) is 12.5 Å². The van der Waals surface area contributed by atoms with Gasteiger partial charge in [-0.2, -0.15) is 0 Å². The summed E-state index contributed by atoms with van der Waals surface area (Å²) >= 11 is 0. The molecule has 3 aromatic rings. The number of rotatable bonds is 5.